The smallest absolute Gasteiger partial charge is 0.119 e. The van der Waals surface area contributed by atoms with E-state index in [1.54, 1.807) is 0 Å². The van der Waals surface area contributed by atoms with Crippen LogP contribution < -0.4 is 10.1 Å². The molecule has 0 saturated heterocycles. The second-order valence-corrected chi connectivity index (χ2v) is 4.52. The summed E-state index contributed by atoms with van der Waals surface area (Å²) in [4.78, 5) is 0. The predicted octanol–water partition coefficient (Wildman–Crippen LogP) is 3.89. The maximum atomic E-state index is 5.42. The fraction of sp³-hybridized carbons (Fsp3) is 0.222. The molecule has 2 rings (SSSR count). The van der Waals surface area contributed by atoms with Gasteiger partial charge >= 0.3 is 0 Å². The molecule has 20 heavy (non-hydrogen) atoms. The van der Waals surface area contributed by atoms with Crippen molar-refractivity contribution >= 4 is 6.08 Å². The van der Waals surface area contributed by atoms with Crippen LogP contribution in [-0.2, 0) is 6.54 Å². The average Bonchev–Trinajstić information content (AvgIpc) is 2.50. The van der Waals surface area contributed by atoms with Crippen molar-refractivity contribution in [2.75, 3.05) is 13.2 Å². The van der Waals surface area contributed by atoms with Crippen molar-refractivity contribution in [3.05, 3.63) is 71.8 Å². The first-order valence-corrected chi connectivity index (χ1v) is 7.02. The fourth-order valence-corrected chi connectivity index (χ4v) is 1.93. The van der Waals surface area contributed by atoms with Crippen molar-refractivity contribution in [2.24, 2.45) is 0 Å². The van der Waals surface area contributed by atoms with Crippen LogP contribution in [0.2, 0.25) is 0 Å². The van der Waals surface area contributed by atoms with Gasteiger partial charge in [-0.25, -0.2) is 0 Å². The Morgan fingerprint density at radius 1 is 1.00 bits per heavy atom. The molecule has 0 heterocycles. The molecular weight excluding hydrogens is 246 g/mol. The van der Waals surface area contributed by atoms with E-state index in [0.29, 0.717) is 6.61 Å². The summed E-state index contributed by atoms with van der Waals surface area (Å²) < 4.78 is 5.42. The van der Waals surface area contributed by atoms with Gasteiger partial charge in [0.25, 0.3) is 0 Å². The summed E-state index contributed by atoms with van der Waals surface area (Å²) in [5.41, 5.74) is 2.50. The van der Waals surface area contributed by atoms with Gasteiger partial charge in [-0.05, 0) is 30.2 Å². The van der Waals surface area contributed by atoms with E-state index in [0.717, 1.165) is 18.8 Å². The van der Waals surface area contributed by atoms with Gasteiger partial charge in [0.15, 0.2) is 0 Å². The summed E-state index contributed by atoms with van der Waals surface area (Å²) in [5.74, 6) is 0.931. The maximum Gasteiger partial charge on any atom is 0.119 e. The van der Waals surface area contributed by atoms with Crippen molar-refractivity contribution in [2.45, 2.75) is 13.5 Å². The molecule has 1 N–H and O–H groups in total. The molecule has 2 aromatic rings. The van der Waals surface area contributed by atoms with Gasteiger partial charge in [0.1, 0.15) is 5.75 Å². The molecule has 0 aromatic heterocycles. The molecule has 0 unspecified atom stereocenters. The molecule has 0 amide bonds. The Kier molecular flexibility index (Phi) is 5.87. The molecule has 0 saturated carbocycles. The average molecular weight is 267 g/mol. The summed E-state index contributed by atoms with van der Waals surface area (Å²) in [6.45, 7) is 4.43. The van der Waals surface area contributed by atoms with E-state index in [9.17, 15) is 0 Å². The number of benzene rings is 2. The summed E-state index contributed by atoms with van der Waals surface area (Å²) in [5, 5.41) is 3.40. The SMILES string of the molecule is CCOc1ccc(CNCC=Cc2ccccc2)cc1. The molecule has 2 aromatic carbocycles. The highest BCUT2D eigenvalue weighted by molar-refractivity contribution is 5.48. The minimum atomic E-state index is 0.710. The van der Waals surface area contributed by atoms with E-state index in [4.69, 9.17) is 4.74 Å². The van der Waals surface area contributed by atoms with Crippen LogP contribution >= 0.6 is 0 Å². The molecule has 0 radical (unpaired) electrons. The normalized spacial score (nSPS) is 10.8. The number of hydrogen-bond donors (Lipinski definition) is 1. The van der Waals surface area contributed by atoms with Gasteiger partial charge in [0, 0.05) is 13.1 Å². The maximum absolute atomic E-state index is 5.42. The van der Waals surface area contributed by atoms with Crippen LogP contribution in [0.15, 0.2) is 60.7 Å². The van der Waals surface area contributed by atoms with Crippen molar-refractivity contribution in [1.82, 2.24) is 5.32 Å². The zero-order valence-corrected chi connectivity index (χ0v) is 11.9. The second kappa shape index (κ2) is 8.18. The lowest BCUT2D eigenvalue weighted by molar-refractivity contribution is 0.340. The van der Waals surface area contributed by atoms with Gasteiger partial charge in [-0.2, -0.15) is 0 Å². The lowest BCUT2D eigenvalue weighted by Gasteiger charge is -2.05. The Morgan fingerprint density at radius 3 is 2.45 bits per heavy atom. The van der Waals surface area contributed by atoms with Crippen LogP contribution in [0.1, 0.15) is 18.1 Å². The molecular formula is C18H21NO. The Hall–Kier alpha value is -2.06. The highest BCUT2D eigenvalue weighted by Gasteiger charge is 1.94. The lowest BCUT2D eigenvalue weighted by atomic mass is 10.2. The highest BCUT2D eigenvalue weighted by Crippen LogP contribution is 2.11. The van der Waals surface area contributed by atoms with E-state index < -0.39 is 0 Å². The van der Waals surface area contributed by atoms with E-state index in [2.05, 4.69) is 41.7 Å². The van der Waals surface area contributed by atoms with E-state index >= 15 is 0 Å². The Balaban J connectivity index is 1.72. The second-order valence-electron chi connectivity index (χ2n) is 4.52. The van der Waals surface area contributed by atoms with Crippen molar-refractivity contribution in [1.29, 1.82) is 0 Å². The van der Waals surface area contributed by atoms with Crippen LogP contribution in [0, 0.1) is 0 Å². The Morgan fingerprint density at radius 2 is 1.75 bits per heavy atom. The van der Waals surface area contributed by atoms with Crippen molar-refractivity contribution in [3.8, 4) is 5.75 Å². The van der Waals surface area contributed by atoms with Crippen LogP contribution in [0.5, 0.6) is 5.75 Å². The quantitative estimate of drug-likeness (QED) is 0.768. The van der Waals surface area contributed by atoms with Crippen molar-refractivity contribution < 1.29 is 4.74 Å². The van der Waals surface area contributed by atoms with Gasteiger partial charge in [-0.3, -0.25) is 0 Å². The first-order chi connectivity index (χ1) is 9.88. The number of hydrogen-bond acceptors (Lipinski definition) is 2. The molecule has 0 atom stereocenters. The minimum Gasteiger partial charge on any atom is -0.494 e. The summed E-state index contributed by atoms with van der Waals surface area (Å²) in [7, 11) is 0. The van der Waals surface area contributed by atoms with Crippen molar-refractivity contribution in [3.63, 3.8) is 0 Å². The van der Waals surface area contributed by atoms with Crippen LogP contribution in [0.3, 0.4) is 0 Å². The molecule has 0 aliphatic carbocycles. The molecule has 0 fully saturated rings. The standard InChI is InChI=1S/C18H21NO/c1-2-20-18-12-10-17(11-13-18)15-19-14-6-9-16-7-4-3-5-8-16/h3-13,19H,2,14-15H2,1H3. The van der Waals surface area contributed by atoms with E-state index in [1.165, 1.54) is 11.1 Å². The fourth-order valence-electron chi connectivity index (χ4n) is 1.93. The number of nitrogens with one attached hydrogen (secondary N) is 1. The van der Waals surface area contributed by atoms with Gasteiger partial charge in [0.05, 0.1) is 6.61 Å². The summed E-state index contributed by atoms with van der Waals surface area (Å²) >= 11 is 0. The molecule has 2 heteroatoms. The molecule has 2 nitrogen and oxygen atoms in total. The first-order valence-electron chi connectivity index (χ1n) is 7.02. The third kappa shape index (κ3) is 4.90. The molecule has 0 spiro atoms. The van der Waals surface area contributed by atoms with Gasteiger partial charge in [-0.15, -0.1) is 0 Å². The molecule has 0 aliphatic rings. The van der Waals surface area contributed by atoms with Crippen LogP contribution in [0.25, 0.3) is 6.08 Å². The molecule has 0 aliphatic heterocycles. The number of ether oxygens (including phenoxy) is 1. The topological polar surface area (TPSA) is 21.3 Å². The zero-order chi connectivity index (χ0) is 14.0. The number of rotatable bonds is 7. The Labute approximate surface area is 121 Å². The van der Waals surface area contributed by atoms with E-state index in [-0.39, 0.29) is 0 Å². The zero-order valence-electron chi connectivity index (χ0n) is 11.9. The van der Waals surface area contributed by atoms with E-state index in [1.807, 2.05) is 37.3 Å². The van der Waals surface area contributed by atoms with Crippen LogP contribution in [-0.4, -0.2) is 13.2 Å². The Bertz CT molecular complexity index is 517. The van der Waals surface area contributed by atoms with Gasteiger partial charge < -0.3 is 10.1 Å². The monoisotopic (exact) mass is 267 g/mol. The van der Waals surface area contributed by atoms with Gasteiger partial charge in [-0.1, -0.05) is 54.6 Å². The van der Waals surface area contributed by atoms with Gasteiger partial charge in [0.2, 0.25) is 0 Å². The third-order valence-corrected chi connectivity index (χ3v) is 2.94. The predicted molar refractivity (Wildman–Crippen MR) is 84.8 cm³/mol. The largest absolute Gasteiger partial charge is 0.494 e. The van der Waals surface area contributed by atoms with Crippen LogP contribution in [0.4, 0.5) is 0 Å². The molecule has 0 bridgehead atoms. The lowest BCUT2D eigenvalue weighted by Crippen LogP contribution is -2.12. The first kappa shape index (κ1) is 14.4. The molecule has 104 valence electrons. The highest BCUT2D eigenvalue weighted by atomic mass is 16.5. The third-order valence-electron chi connectivity index (χ3n) is 2.94. The summed E-state index contributed by atoms with van der Waals surface area (Å²) in [6.07, 6.45) is 4.27. The minimum absolute atomic E-state index is 0.710. The summed E-state index contributed by atoms with van der Waals surface area (Å²) in [6, 6.07) is 18.5.